The molecule has 2 unspecified atom stereocenters. The molecule has 192 valence electrons. The minimum atomic E-state index is -4.46. The maximum atomic E-state index is 13.0. The van der Waals surface area contributed by atoms with E-state index in [1.54, 1.807) is 30.3 Å². The van der Waals surface area contributed by atoms with Crippen LogP contribution in [-0.4, -0.2) is 34.8 Å². The number of ketones is 1. The maximum absolute atomic E-state index is 13.0. The number of piperidine rings is 1. The summed E-state index contributed by atoms with van der Waals surface area (Å²) in [5, 5.41) is 10.9. The lowest BCUT2D eigenvalue weighted by Gasteiger charge is -2.37. The average Bonchev–Trinajstić information content (AvgIpc) is 2.89. The highest BCUT2D eigenvalue weighted by molar-refractivity contribution is 5.96. The van der Waals surface area contributed by atoms with Crippen molar-refractivity contribution in [2.45, 2.75) is 24.9 Å². The number of nitro groups is 1. The lowest BCUT2D eigenvalue weighted by Crippen LogP contribution is -2.45. The van der Waals surface area contributed by atoms with Gasteiger partial charge in [-0.05, 0) is 42.2 Å². The van der Waals surface area contributed by atoms with Crippen molar-refractivity contribution in [3.05, 3.63) is 106 Å². The van der Waals surface area contributed by atoms with E-state index in [0.29, 0.717) is 17.5 Å². The number of benzene rings is 3. The number of carbonyl (C=O) groups is 2. The molecule has 0 saturated carbocycles. The normalized spacial score (nSPS) is 17.8. The predicted octanol–water partition coefficient (Wildman–Crippen LogP) is 6.49. The molecule has 1 heterocycles. The lowest BCUT2D eigenvalue weighted by atomic mass is 9.81. The second-order valence-electron chi connectivity index (χ2n) is 8.94. The zero-order valence-electron chi connectivity index (χ0n) is 19.6. The van der Waals surface area contributed by atoms with Gasteiger partial charge in [0.15, 0.2) is 5.78 Å². The summed E-state index contributed by atoms with van der Waals surface area (Å²) in [6.07, 6.45) is -4.51. The van der Waals surface area contributed by atoms with E-state index in [1.165, 1.54) is 41.3 Å². The zero-order valence-corrected chi connectivity index (χ0v) is 19.6. The van der Waals surface area contributed by atoms with Gasteiger partial charge in [0.1, 0.15) is 5.75 Å². The van der Waals surface area contributed by atoms with Crippen LogP contribution in [0.5, 0.6) is 5.75 Å². The fraction of sp³-hybridized carbons (Fsp3) is 0.259. The van der Waals surface area contributed by atoms with E-state index in [4.69, 9.17) is 4.74 Å². The smallest absolute Gasteiger partial charge is 0.410 e. The molecule has 10 heteroatoms. The van der Waals surface area contributed by atoms with Crippen molar-refractivity contribution in [2.75, 3.05) is 13.1 Å². The number of amides is 1. The van der Waals surface area contributed by atoms with Gasteiger partial charge in [-0.25, -0.2) is 4.79 Å². The topological polar surface area (TPSA) is 89.8 Å². The molecule has 1 amide bonds. The first kappa shape index (κ1) is 25.9. The van der Waals surface area contributed by atoms with Crippen LogP contribution in [0.25, 0.3) is 0 Å². The van der Waals surface area contributed by atoms with E-state index in [9.17, 15) is 32.9 Å². The molecule has 1 fully saturated rings. The van der Waals surface area contributed by atoms with Gasteiger partial charge in [0.2, 0.25) is 0 Å². The van der Waals surface area contributed by atoms with E-state index in [1.807, 2.05) is 0 Å². The molecule has 1 aliphatic rings. The fourth-order valence-corrected chi connectivity index (χ4v) is 4.49. The van der Waals surface area contributed by atoms with Gasteiger partial charge in [0.25, 0.3) is 5.69 Å². The average molecular weight is 512 g/mol. The highest BCUT2D eigenvalue weighted by Crippen LogP contribution is 2.35. The number of ether oxygens (including phenoxy) is 1. The summed E-state index contributed by atoms with van der Waals surface area (Å²) in [6, 6.07) is 18.6. The molecule has 7 nitrogen and oxygen atoms in total. The van der Waals surface area contributed by atoms with Crippen molar-refractivity contribution < 1.29 is 32.4 Å². The lowest BCUT2D eigenvalue weighted by molar-refractivity contribution is -0.384. The van der Waals surface area contributed by atoms with Gasteiger partial charge in [-0.1, -0.05) is 42.5 Å². The summed E-state index contributed by atoms with van der Waals surface area (Å²) >= 11 is 0. The van der Waals surface area contributed by atoms with E-state index in [2.05, 4.69) is 0 Å². The number of nitrogens with zero attached hydrogens (tertiary/aromatic N) is 2. The van der Waals surface area contributed by atoms with E-state index in [-0.39, 0.29) is 48.6 Å². The number of hydrogen-bond donors (Lipinski definition) is 0. The Bertz CT molecular complexity index is 1260. The van der Waals surface area contributed by atoms with Gasteiger partial charge in [-0.3, -0.25) is 14.9 Å². The Morgan fingerprint density at radius 3 is 2.19 bits per heavy atom. The molecule has 1 aliphatic heterocycles. The Balaban J connectivity index is 1.53. The second kappa shape index (κ2) is 10.8. The molecule has 2 atom stereocenters. The zero-order chi connectivity index (χ0) is 26.6. The SMILES string of the molecule is O=C(CC1CC(c2ccc(C(F)(F)F)cc2)CN(C(=O)Oc2ccc([N+](=O)[O-])cc2)C1)c1ccccc1. The molecule has 0 spiro atoms. The Labute approximate surface area is 210 Å². The molecule has 3 aromatic rings. The Morgan fingerprint density at radius 2 is 1.59 bits per heavy atom. The fourth-order valence-electron chi connectivity index (χ4n) is 4.49. The minimum Gasteiger partial charge on any atom is -0.410 e. The van der Waals surface area contributed by atoms with Gasteiger partial charge >= 0.3 is 12.3 Å². The summed E-state index contributed by atoms with van der Waals surface area (Å²) in [6.45, 7) is 0.411. The van der Waals surface area contributed by atoms with Gasteiger partial charge in [-0.2, -0.15) is 13.2 Å². The molecule has 0 aliphatic carbocycles. The molecule has 3 aromatic carbocycles. The summed E-state index contributed by atoms with van der Waals surface area (Å²) in [7, 11) is 0. The van der Waals surface area contributed by atoms with Gasteiger partial charge in [-0.15, -0.1) is 0 Å². The quantitative estimate of drug-likeness (QED) is 0.214. The highest BCUT2D eigenvalue weighted by atomic mass is 19.4. The molecule has 0 radical (unpaired) electrons. The third-order valence-electron chi connectivity index (χ3n) is 6.33. The number of carbonyl (C=O) groups excluding carboxylic acids is 2. The monoisotopic (exact) mass is 512 g/mol. The van der Waals surface area contributed by atoms with Gasteiger partial charge < -0.3 is 9.64 Å². The molecule has 0 aromatic heterocycles. The van der Waals surface area contributed by atoms with E-state index >= 15 is 0 Å². The third kappa shape index (κ3) is 6.52. The summed E-state index contributed by atoms with van der Waals surface area (Å²) in [5.74, 6) is -0.543. The molecule has 0 N–H and O–H groups in total. The van der Waals surface area contributed by atoms with Crippen molar-refractivity contribution >= 4 is 17.6 Å². The van der Waals surface area contributed by atoms with Crippen LogP contribution in [0, 0.1) is 16.0 Å². The standard InChI is InChI=1S/C27H23F3N2O5/c28-27(29,30)22-8-6-19(7-9-22)21-14-18(15-25(33)20-4-2-1-3-5-20)16-31(17-21)26(34)37-24-12-10-23(11-13-24)32(35)36/h1-13,18,21H,14-17H2. The van der Waals surface area contributed by atoms with Crippen LogP contribution in [0.4, 0.5) is 23.7 Å². The Kier molecular flexibility index (Phi) is 7.56. The molecule has 0 bridgehead atoms. The summed E-state index contributed by atoms with van der Waals surface area (Å²) in [5.41, 5.74) is 0.245. The Morgan fingerprint density at radius 1 is 0.946 bits per heavy atom. The van der Waals surface area contributed by atoms with Crippen molar-refractivity contribution in [2.24, 2.45) is 5.92 Å². The number of alkyl halides is 3. The van der Waals surface area contributed by atoms with Crippen molar-refractivity contribution in [1.82, 2.24) is 4.90 Å². The number of non-ortho nitro benzene ring substituents is 1. The second-order valence-corrected chi connectivity index (χ2v) is 8.94. The number of rotatable bonds is 6. The Hall–Kier alpha value is -4.21. The summed E-state index contributed by atoms with van der Waals surface area (Å²) < 4.78 is 44.5. The highest BCUT2D eigenvalue weighted by Gasteiger charge is 2.34. The molecule has 4 rings (SSSR count). The predicted molar refractivity (Wildman–Crippen MR) is 128 cm³/mol. The van der Waals surface area contributed by atoms with Crippen LogP contribution in [-0.2, 0) is 6.18 Å². The van der Waals surface area contributed by atoms with E-state index < -0.39 is 22.8 Å². The van der Waals surface area contributed by atoms with Crippen LogP contribution in [0.3, 0.4) is 0 Å². The van der Waals surface area contributed by atoms with Crippen molar-refractivity contribution in [3.8, 4) is 5.75 Å². The van der Waals surface area contributed by atoms with Crippen molar-refractivity contribution in [3.63, 3.8) is 0 Å². The number of hydrogen-bond acceptors (Lipinski definition) is 5. The van der Waals surface area contributed by atoms with Gasteiger partial charge in [0, 0.05) is 43.1 Å². The number of Topliss-reactive ketones (excluding diaryl/α,β-unsaturated/α-hetero) is 1. The molecular formula is C27H23F3N2O5. The van der Waals surface area contributed by atoms with Crippen LogP contribution >= 0.6 is 0 Å². The maximum Gasteiger partial charge on any atom is 0.416 e. The van der Waals surface area contributed by atoms with Crippen LogP contribution < -0.4 is 4.74 Å². The van der Waals surface area contributed by atoms with Crippen molar-refractivity contribution in [1.29, 1.82) is 0 Å². The number of nitro benzene ring substituents is 1. The first-order chi connectivity index (χ1) is 17.6. The largest absolute Gasteiger partial charge is 0.416 e. The number of halogens is 3. The first-order valence-corrected chi connectivity index (χ1v) is 11.6. The van der Waals surface area contributed by atoms with Gasteiger partial charge in [0.05, 0.1) is 10.5 Å². The number of likely N-dealkylation sites (tertiary alicyclic amines) is 1. The molecular weight excluding hydrogens is 489 g/mol. The molecule has 1 saturated heterocycles. The van der Waals surface area contributed by atoms with Crippen LogP contribution in [0.15, 0.2) is 78.9 Å². The van der Waals surface area contributed by atoms with E-state index in [0.717, 1.165) is 12.1 Å². The minimum absolute atomic E-state index is 0.0950. The third-order valence-corrected chi connectivity index (χ3v) is 6.33. The first-order valence-electron chi connectivity index (χ1n) is 11.6. The van der Waals surface area contributed by atoms with Crippen LogP contribution in [0.1, 0.15) is 40.2 Å². The molecule has 37 heavy (non-hydrogen) atoms. The summed E-state index contributed by atoms with van der Waals surface area (Å²) in [4.78, 5) is 37.5. The van der Waals surface area contributed by atoms with Crippen LogP contribution in [0.2, 0.25) is 0 Å².